The van der Waals surface area contributed by atoms with E-state index in [2.05, 4.69) is 13.8 Å². The number of allylic oxidation sites excluding steroid dienone is 1. The third-order valence-corrected chi connectivity index (χ3v) is 7.80. The van der Waals surface area contributed by atoms with Crippen LogP contribution >= 0.6 is 0 Å². The molecule has 4 rings (SSSR count). The first-order chi connectivity index (χ1) is 10.4. The second-order valence-corrected chi connectivity index (χ2v) is 8.50. The smallest absolute Gasteiger partial charge is 0.197 e. The van der Waals surface area contributed by atoms with Crippen LogP contribution in [0.5, 0.6) is 0 Å². The van der Waals surface area contributed by atoms with Crippen LogP contribution in [0.1, 0.15) is 65.2 Å². The Morgan fingerprint density at radius 2 is 1.61 bits per heavy atom. The normalized spacial score (nSPS) is 45.9. The number of hydrogen-bond donors (Lipinski definition) is 1. The van der Waals surface area contributed by atoms with Crippen molar-refractivity contribution in [2.24, 2.45) is 28.6 Å². The maximum absolute atomic E-state index is 12.4. The Balaban J connectivity index is 0.00000156. The van der Waals surface area contributed by atoms with Crippen molar-refractivity contribution in [3.05, 3.63) is 11.3 Å². The molecule has 23 heavy (non-hydrogen) atoms. The Bertz CT molecular complexity index is 595. The van der Waals surface area contributed by atoms with E-state index in [1.54, 1.807) is 0 Å². The number of aliphatic hydroxyl groups excluding tert-OH is 1. The molecule has 4 aliphatic rings. The third-order valence-electron chi connectivity index (χ3n) is 7.80. The number of carbonyl (C=O) groups is 2. The molecule has 0 aromatic carbocycles. The molecule has 0 unspecified atom stereocenters. The van der Waals surface area contributed by atoms with Gasteiger partial charge in [-0.25, -0.2) is 0 Å². The largest absolute Gasteiger partial charge is 0.504 e. The number of aliphatic hydroxyl groups is 1. The van der Waals surface area contributed by atoms with Crippen LogP contribution in [0, 0.1) is 28.6 Å². The average Bonchev–Trinajstić information content (AvgIpc) is 2.79. The number of Topliss-reactive ketones (excluding diaryl/α,β-unsaturated/α-hetero) is 2. The van der Waals surface area contributed by atoms with Crippen molar-refractivity contribution in [3.63, 3.8) is 0 Å². The summed E-state index contributed by atoms with van der Waals surface area (Å²) in [4.78, 5) is 24.2. The quantitative estimate of drug-likeness (QED) is 0.661. The van der Waals surface area contributed by atoms with E-state index in [9.17, 15) is 14.7 Å². The van der Waals surface area contributed by atoms with Gasteiger partial charge in [0.2, 0.25) is 0 Å². The van der Waals surface area contributed by atoms with Gasteiger partial charge in [0.15, 0.2) is 11.5 Å². The average molecular weight is 366 g/mol. The summed E-state index contributed by atoms with van der Waals surface area (Å²) in [6.45, 7) is 4.46. The van der Waals surface area contributed by atoms with E-state index in [-0.39, 0.29) is 39.4 Å². The molecule has 3 nitrogen and oxygen atoms in total. The fourth-order valence-electron chi connectivity index (χ4n) is 6.46. The fraction of sp³-hybridized carbons (Fsp3) is 0.789. The minimum absolute atomic E-state index is 0. The van der Waals surface area contributed by atoms with Gasteiger partial charge in [-0.15, -0.1) is 0 Å². The van der Waals surface area contributed by atoms with Crippen LogP contribution in [0.15, 0.2) is 11.3 Å². The number of hydrogen-bond acceptors (Lipinski definition) is 3. The van der Waals surface area contributed by atoms with Crippen LogP contribution in [0.2, 0.25) is 0 Å². The van der Waals surface area contributed by atoms with Crippen molar-refractivity contribution in [3.8, 4) is 0 Å². The maximum Gasteiger partial charge on any atom is 0.197 e. The van der Waals surface area contributed by atoms with Crippen molar-refractivity contribution >= 4 is 11.6 Å². The molecular formula is C19H26CuO3. The summed E-state index contributed by atoms with van der Waals surface area (Å²) >= 11 is 0. The fourth-order valence-corrected chi connectivity index (χ4v) is 6.46. The Morgan fingerprint density at radius 3 is 2.35 bits per heavy atom. The molecule has 0 saturated heterocycles. The van der Waals surface area contributed by atoms with E-state index in [1.165, 1.54) is 0 Å². The Labute approximate surface area is 148 Å². The van der Waals surface area contributed by atoms with E-state index >= 15 is 0 Å². The summed E-state index contributed by atoms with van der Waals surface area (Å²) in [5.74, 6) is 2.14. The van der Waals surface area contributed by atoms with Gasteiger partial charge in [-0.05, 0) is 67.3 Å². The molecule has 0 aromatic rings. The number of carbonyl (C=O) groups excluding carboxylic acids is 2. The zero-order chi connectivity index (χ0) is 15.7. The van der Waals surface area contributed by atoms with Gasteiger partial charge in [-0.2, -0.15) is 0 Å². The Kier molecular flexibility index (Phi) is 4.09. The summed E-state index contributed by atoms with van der Waals surface area (Å²) in [5.41, 5.74) is 0.914. The first-order valence-corrected chi connectivity index (χ1v) is 8.87. The molecule has 1 radical (unpaired) electrons. The topological polar surface area (TPSA) is 54.4 Å². The predicted molar refractivity (Wildman–Crippen MR) is 83.3 cm³/mol. The van der Waals surface area contributed by atoms with Gasteiger partial charge >= 0.3 is 0 Å². The summed E-state index contributed by atoms with van der Waals surface area (Å²) in [5, 5.41) is 10.3. The molecule has 3 fully saturated rings. The van der Waals surface area contributed by atoms with Crippen LogP contribution in [-0.4, -0.2) is 16.7 Å². The summed E-state index contributed by atoms with van der Waals surface area (Å²) in [7, 11) is 0. The molecular weight excluding hydrogens is 340 g/mol. The number of ketones is 2. The molecule has 5 atom stereocenters. The third kappa shape index (κ3) is 2.14. The van der Waals surface area contributed by atoms with Gasteiger partial charge in [-0.3, -0.25) is 9.59 Å². The molecule has 0 heterocycles. The summed E-state index contributed by atoms with van der Waals surface area (Å²) < 4.78 is 0. The molecule has 4 aliphatic carbocycles. The van der Waals surface area contributed by atoms with Gasteiger partial charge < -0.3 is 5.11 Å². The minimum Gasteiger partial charge on any atom is -0.504 e. The van der Waals surface area contributed by atoms with Crippen LogP contribution in [-0.2, 0) is 26.7 Å². The zero-order valence-electron chi connectivity index (χ0n) is 14.0. The standard InChI is InChI=1S/C19H26O3.Cu/c1-18-10-8-15(20)17(22)14(18)4-3-11-12-5-6-16(21)19(12,2)9-7-13(11)18;/h11-13,22H,3-10H2,1-2H3;/t11-,12-,13-,18+,19-;/m0./s1. The van der Waals surface area contributed by atoms with E-state index in [4.69, 9.17) is 0 Å². The first-order valence-electron chi connectivity index (χ1n) is 8.87. The SMILES string of the molecule is C[C@]12CCC(=O)C(O)=C1CC[C@@H]1[C@@H]2CC[C@]2(C)C(=O)CC[C@@H]12.[Cu]. The van der Waals surface area contributed by atoms with Gasteiger partial charge in [0.1, 0.15) is 5.78 Å². The maximum atomic E-state index is 12.4. The van der Waals surface area contributed by atoms with Gasteiger partial charge in [-0.1, -0.05) is 13.8 Å². The first kappa shape index (κ1) is 17.2. The molecule has 0 aliphatic heterocycles. The van der Waals surface area contributed by atoms with Crippen LogP contribution < -0.4 is 0 Å². The Hall–Kier alpha value is -0.601. The molecule has 0 amide bonds. The van der Waals surface area contributed by atoms with Crippen molar-refractivity contribution in [2.45, 2.75) is 65.2 Å². The van der Waals surface area contributed by atoms with E-state index < -0.39 is 0 Å². The van der Waals surface area contributed by atoms with E-state index in [1.807, 2.05) is 0 Å². The van der Waals surface area contributed by atoms with Gasteiger partial charge in [0.05, 0.1) is 0 Å². The molecule has 0 bridgehead atoms. The monoisotopic (exact) mass is 365 g/mol. The summed E-state index contributed by atoms with van der Waals surface area (Å²) in [6, 6.07) is 0. The van der Waals surface area contributed by atoms with Crippen molar-refractivity contribution < 1.29 is 31.8 Å². The minimum atomic E-state index is -0.0920. The second kappa shape index (κ2) is 5.46. The van der Waals surface area contributed by atoms with Crippen LogP contribution in [0.4, 0.5) is 0 Å². The molecule has 0 aromatic heterocycles. The predicted octanol–water partition coefficient (Wildman–Crippen LogP) is 3.97. The molecule has 131 valence electrons. The van der Waals surface area contributed by atoms with Gasteiger partial charge in [0, 0.05) is 35.3 Å². The van der Waals surface area contributed by atoms with Gasteiger partial charge in [0.25, 0.3) is 0 Å². The second-order valence-electron chi connectivity index (χ2n) is 8.50. The molecule has 4 heteroatoms. The Morgan fingerprint density at radius 1 is 0.913 bits per heavy atom. The number of fused-ring (bicyclic) bond motifs is 5. The zero-order valence-corrected chi connectivity index (χ0v) is 14.9. The van der Waals surface area contributed by atoms with Crippen molar-refractivity contribution in [1.82, 2.24) is 0 Å². The van der Waals surface area contributed by atoms with Crippen LogP contribution in [0.25, 0.3) is 0 Å². The van der Waals surface area contributed by atoms with Crippen LogP contribution in [0.3, 0.4) is 0 Å². The molecule has 1 N–H and O–H groups in total. The molecule has 3 saturated carbocycles. The number of rotatable bonds is 0. The van der Waals surface area contributed by atoms with Crippen molar-refractivity contribution in [1.29, 1.82) is 0 Å². The van der Waals surface area contributed by atoms with E-state index in [0.29, 0.717) is 30.0 Å². The van der Waals surface area contributed by atoms with E-state index in [0.717, 1.165) is 50.5 Å². The van der Waals surface area contributed by atoms with Crippen molar-refractivity contribution in [2.75, 3.05) is 0 Å². The summed E-state index contributed by atoms with van der Waals surface area (Å²) in [6.07, 6.45) is 7.13. The molecule has 0 spiro atoms.